The zero-order valence-electron chi connectivity index (χ0n) is 12.0. The number of aliphatic carboxylic acids is 1. The summed E-state index contributed by atoms with van der Waals surface area (Å²) >= 11 is 0. The number of halogens is 2. The van der Waals surface area contributed by atoms with E-state index in [0.29, 0.717) is 37.9 Å². The van der Waals surface area contributed by atoms with Crippen molar-refractivity contribution in [2.24, 2.45) is 11.8 Å². The van der Waals surface area contributed by atoms with Gasteiger partial charge >= 0.3 is 5.97 Å². The molecule has 2 fully saturated rings. The number of carboxylic acids is 1. The number of likely N-dealkylation sites (tertiary alicyclic amines) is 1. The fraction of sp³-hybridized carbons (Fsp3) is 0.500. The Kier molecular flexibility index (Phi) is 3.85. The second-order valence-corrected chi connectivity index (χ2v) is 6.05. The number of carbonyl (C=O) groups excluding carboxylic acids is 1. The highest BCUT2D eigenvalue weighted by Gasteiger charge is 2.47. The van der Waals surface area contributed by atoms with Crippen LogP contribution in [0.25, 0.3) is 0 Å². The van der Waals surface area contributed by atoms with Crippen LogP contribution in [0.1, 0.15) is 30.7 Å². The van der Waals surface area contributed by atoms with Crippen LogP contribution in [0.4, 0.5) is 8.78 Å². The van der Waals surface area contributed by atoms with Gasteiger partial charge in [-0.25, -0.2) is 8.78 Å². The molecule has 0 radical (unpaired) electrons. The van der Waals surface area contributed by atoms with Gasteiger partial charge in [-0.15, -0.1) is 0 Å². The number of amides is 1. The third-order valence-electron chi connectivity index (χ3n) is 4.63. The monoisotopic (exact) mass is 309 g/mol. The molecule has 4 nitrogen and oxygen atoms in total. The Morgan fingerprint density at radius 1 is 1.18 bits per heavy atom. The molecule has 1 aromatic carbocycles. The lowest BCUT2D eigenvalue weighted by Gasteiger charge is -2.30. The van der Waals surface area contributed by atoms with E-state index in [1.54, 1.807) is 4.90 Å². The summed E-state index contributed by atoms with van der Waals surface area (Å²) in [4.78, 5) is 25.0. The van der Waals surface area contributed by atoms with E-state index in [2.05, 4.69) is 0 Å². The zero-order chi connectivity index (χ0) is 15.9. The molecule has 0 bridgehead atoms. The first-order chi connectivity index (χ1) is 10.5. The molecule has 1 aliphatic heterocycles. The number of benzene rings is 1. The number of carboxylic acid groups (broad SMARTS) is 1. The molecule has 22 heavy (non-hydrogen) atoms. The number of carbonyl (C=O) groups is 2. The topological polar surface area (TPSA) is 57.6 Å². The normalized spacial score (nSPS) is 25.1. The lowest BCUT2D eigenvalue weighted by Crippen LogP contribution is -2.41. The Bertz CT molecular complexity index is 611. The van der Waals surface area contributed by atoms with Gasteiger partial charge in [-0.1, -0.05) is 6.07 Å². The molecule has 2 atom stereocenters. The summed E-state index contributed by atoms with van der Waals surface area (Å²) in [7, 11) is 0. The Morgan fingerprint density at radius 2 is 1.86 bits per heavy atom. The van der Waals surface area contributed by atoms with Gasteiger partial charge in [0.15, 0.2) is 0 Å². The predicted molar refractivity (Wildman–Crippen MR) is 74.1 cm³/mol. The van der Waals surface area contributed by atoms with E-state index >= 15 is 0 Å². The summed E-state index contributed by atoms with van der Waals surface area (Å²) in [6.07, 6.45) is 1.49. The summed E-state index contributed by atoms with van der Waals surface area (Å²) in [5.74, 6) is -2.92. The highest BCUT2D eigenvalue weighted by atomic mass is 19.1. The summed E-state index contributed by atoms with van der Waals surface area (Å²) in [6, 6.07) is 3.45. The third kappa shape index (κ3) is 2.82. The Morgan fingerprint density at radius 3 is 2.45 bits per heavy atom. The van der Waals surface area contributed by atoms with Crippen molar-refractivity contribution < 1.29 is 23.5 Å². The lowest BCUT2D eigenvalue weighted by atomic mass is 9.96. The average molecular weight is 309 g/mol. The van der Waals surface area contributed by atoms with Crippen molar-refractivity contribution in [3.05, 3.63) is 35.4 Å². The number of rotatable bonds is 3. The third-order valence-corrected chi connectivity index (χ3v) is 4.63. The molecule has 2 aliphatic rings. The van der Waals surface area contributed by atoms with Crippen molar-refractivity contribution in [2.45, 2.75) is 25.2 Å². The zero-order valence-corrected chi connectivity index (χ0v) is 12.0. The molecular formula is C16H17F2NO3. The second kappa shape index (κ2) is 5.66. The molecule has 1 aliphatic carbocycles. The molecule has 1 N–H and O–H groups in total. The molecular weight excluding hydrogens is 292 g/mol. The van der Waals surface area contributed by atoms with Gasteiger partial charge in [-0.2, -0.15) is 0 Å². The minimum absolute atomic E-state index is 0.0439. The molecule has 0 spiro atoms. The van der Waals surface area contributed by atoms with E-state index < -0.39 is 17.6 Å². The van der Waals surface area contributed by atoms with Crippen molar-refractivity contribution in [1.82, 2.24) is 4.90 Å². The van der Waals surface area contributed by atoms with Crippen molar-refractivity contribution in [2.75, 3.05) is 13.1 Å². The fourth-order valence-electron chi connectivity index (χ4n) is 3.20. The lowest BCUT2D eigenvalue weighted by molar-refractivity contribution is -0.146. The first kappa shape index (κ1) is 14.9. The van der Waals surface area contributed by atoms with Crippen LogP contribution >= 0.6 is 0 Å². The molecule has 3 rings (SSSR count). The van der Waals surface area contributed by atoms with Gasteiger partial charge in [0.25, 0.3) is 0 Å². The van der Waals surface area contributed by atoms with E-state index in [-0.39, 0.29) is 23.7 Å². The van der Waals surface area contributed by atoms with Crippen LogP contribution in [0.3, 0.4) is 0 Å². The Balaban J connectivity index is 1.60. The van der Waals surface area contributed by atoms with Crippen LogP contribution in [0.2, 0.25) is 0 Å². The van der Waals surface area contributed by atoms with Crippen LogP contribution < -0.4 is 0 Å². The summed E-state index contributed by atoms with van der Waals surface area (Å²) in [5, 5.41) is 8.95. The number of piperidine rings is 1. The molecule has 0 unspecified atom stereocenters. The van der Waals surface area contributed by atoms with E-state index in [9.17, 15) is 18.4 Å². The minimum Gasteiger partial charge on any atom is -0.481 e. The standard InChI is InChI=1S/C16H17F2NO3/c17-10-1-2-11(14(18)7-10)12-8-13(12)15(20)19-5-3-9(4-6-19)16(21)22/h1-2,7,9,12-13H,3-6,8H2,(H,21,22)/t12-,13-/m0/s1. The molecule has 1 heterocycles. The molecule has 1 amide bonds. The van der Waals surface area contributed by atoms with Crippen LogP contribution in [-0.2, 0) is 9.59 Å². The maximum Gasteiger partial charge on any atom is 0.306 e. The summed E-state index contributed by atoms with van der Waals surface area (Å²) < 4.78 is 26.6. The first-order valence-corrected chi connectivity index (χ1v) is 7.44. The molecule has 1 saturated heterocycles. The number of hydrogen-bond donors (Lipinski definition) is 1. The largest absolute Gasteiger partial charge is 0.481 e. The average Bonchev–Trinajstić information content (AvgIpc) is 3.27. The van der Waals surface area contributed by atoms with Crippen molar-refractivity contribution in [3.8, 4) is 0 Å². The fourth-order valence-corrected chi connectivity index (χ4v) is 3.20. The second-order valence-electron chi connectivity index (χ2n) is 6.05. The van der Waals surface area contributed by atoms with E-state index in [0.717, 1.165) is 6.07 Å². The highest BCUT2D eigenvalue weighted by Crippen LogP contribution is 2.49. The minimum atomic E-state index is -0.815. The molecule has 1 aromatic rings. The smallest absolute Gasteiger partial charge is 0.306 e. The first-order valence-electron chi connectivity index (χ1n) is 7.44. The van der Waals surface area contributed by atoms with E-state index in [4.69, 9.17) is 5.11 Å². The van der Waals surface area contributed by atoms with Crippen LogP contribution in [-0.4, -0.2) is 35.0 Å². The van der Waals surface area contributed by atoms with Crippen molar-refractivity contribution in [3.63, 3.8) is 0 Å². The van der Waals surface area contributed by atoms with Gasteiger partial charge in [0.05, 0.1) is 5.92 Å². The van der Waals surface area contributed by atoms with Gasteiger partial charge in [-0.3, -0.25) is 9.59 Å². The molecule has 118 valence electrons. The Labute approximate surface area is 126 Å². The number of nitrogens with zero attached hydrogens (tertiary/aromatic N) is 1. The van der Waals surface area contributed by atoms with Crippen LogP contribution in [0.5, 0.6) is 0 Å². The van der Waals surface area contributed by atoms with Crippen molar-refractivity contribution >= 4 is 11.9 Å². The number of hydrogen-bond acceptors (Lipinski definition) is 2. The molecule has 6 heteroatoms. The molecule has 1 saturated carbocycles. The maximum absolute atomic E-state index is 13.7. The maximum atomic E-state index is 13.7. The van der Waals surface area contributed by atoms with Crippen LogP contribution in [0.15, 0.2) is 18.2 Å². The summed E-state index contributed by atoms with van der Waals surface area (Å²) in [5.41, 5.74) is 0.389. The summed E-state index contributed by atoms with van der Waals surface area (Å²) in [6.45, 7) is 0.871. The van der Waals surface area contributed by atoms with Gasteiger partial charge in [-0.05, 0) is 36.8 Å². The highest BCUT2D eigenvalue weighted by molar-refractivity contribution is 5.83. The van der Waals surface area contributed by atoms with E-state index in [1.807, 2.05) is 0 Å². The molecule has 0 aromatic heterocycles. The van der Waals surface area contributed by atoms with Gasteiger partial charge < -0.3 is 10.0 Å². The van der Waals surface area contributed by atoms with Gasteiger partial charge in [0.2, 0.25) is 5.91 Å². The van der Waals surface area contributed by atoms with Gasteiger partial charge in [0.1, 0.15) is 11.6 Å². The predicted octanol–water partition coefficient (Wildman–Crippen LogP) is 2.39. The van der Waals surface area contributed by atoms with Crippen molar-refractivity contribution in [1.29, 1.82) is 0 Å². The quantitative estimate of drug-likeness (QED) is 0.932. The van der Waals surface area contributed by atoms with Gasteiger partial charge in [0, 0.05) is 25.1 Å². The Hall–Kier alpha value is -1.98. The van der Waals surface area contributed by atoms with E-state index in [1.165, 1.54) is 12.1 Å². The van der Waals surface area contributed by atoms with Crippen LogP contribution in [0, 0.1) is 23.5 Å². The SMILES string of the molecule is O=C(O)C1CCN(C(=O)[C@H]2C[C@H]2c2ccc(F)cc2F)CC1.